The minimum absolute atomic E-state index is 0.126. The van der Waals surface area contributed by atoms with Gasteiger partial charge in [-0.25, -0.2) is 0 Å². The van der Waals surface area contributed by atoms with Crippen LogP contribution in [0.4, 0.5) is 17.1 Å². The molecule has 2 aliphatic rings. The zero-order valence-corrected chi connectivity index (χ0v) is 21.0. The summed E-state index contributed by atoms with van der Waals surface area (Å²) in [6.45, 7) is 7.78. The van der Waals surface area contributed by atoms with E-state index in [2.05, 4.69) is 5.32 Å². The van der Waals surface area contributed by atoms with E-state index in [1.165, 1.54) is 16.7 Å². The van der Waals surface area contributed by atoms with Crippen molar-refractivity contribution < 1.29 is 14.4 Å². The topological polar surface area (TPSA) is 69.7 Å². The highest BCUT2D eigenvalue weighted by Gasteiger charge is 2.61. The number of nitrogens with one attached hydrogen (secondary N) is 1. The molecule has 1 saturated heterocycles. The zero-order valence-electron chi connectivity index (χ0n) is 20.2. The van der Waals surface area contributed by atoms with Gasteiger partial charge in [0.25, 0.3) is 5.91 Å². The van der Waals surface area contributed by atoms with Crippen molar-refractivity contribution in [1.82, 2.24) is 0 Å². The molecule has 5 rings (SSSR count). The fourth-order valence-electron chi connectivity index (χ4n) is 5.11. The highest BCUT2D eigenvalue weighted by Crippen LogP contribution is 2.55. The van der Waals surface area contributed by atoms with Crippen LogP contribution in [0.2, 0.25) is 0 Å². The lowest BCUT2D eigenvalue weighted by atomic mass is 10.0. The van der Waals surface area contributed by atoms with E-state index in [0.29, 0.717) is 11.4 Å². The lowest BCUT2D eigenvalue weighted by molar-refractivity contribution is -0.124. The molecule has 1 atom stereocenters. The Bertz CT molecular complexity index is 1350. The quantitative estimate of drug-likeness (QED) is 0.574. The van der Waals surface area contributed by atoms with Crippen molar-refractivity contribution in [2.75, 3.05) is 27.4 Å². The van der Waals surface area contributed by atoms with Crippen molar-refractivity contribution in [2.24, 2.45) is 0 Å². The molecule has 1 fully saturated rings. The molecule has 0 bridgehead atoms. The van der Waals surface area contributed by atoms with E-state index in [-0.39, 0.29) is 30.0 Å². The minimum Gasteiger partial charge on any atom is -0.324 e. The third kappa shape index (κ3) is 3.71. The third-order valence-electron chi connectivity index (χ3n) is 6.60. The number of benzene rings is 3. The Morgan fingerprint density at radius 3 is 2.29 bits per heavy atom. The average molecular weight is 486 g/mol. The number of carbonyl (C=O) groups excluding carboxylic acids is 3. The number of hydrogen-bond donors (Lipinski definition) is 1. The van der Waals surface area contributed by atoms with Gasteiger partial charge < -0.3 is 5.32 Å². The van der Waals surface area contributed by atoms with Gasteiger partial charge in [-0.15, -0.1) is 11.8 Å². The normalized spacial score (nSPS) is 19.0. The van der Waals surface area contributed by atoms with Gasteiger partial charge in [0.2, 0.25) is 16.7 Å². The van der Waals surface area contributed by atoms with E-state index >= 15 is 0 Å². The summed E-state index contributed by atoms with van der Waals surface area (Å²) in [5.41, 5.74) is 6.98. The molecule has 0 unspecified atom stereocenters. The van der Waals surface area contributed by atoms with Crippen molar-refractivity contribution in [3.63, 3.8) is 0 Å². The van der Waals surface area contributed by atoms with Crippen LogP contribution in [-0.4, -0.2) is 30.0 Å². The fourth-order valence-corrected chi connectivity index (χ4v) is 6.47. The van der Waals surface area contributed by atoms with E-state index in [1.807, 2.05) is 88.4 Å². The number of fused-ring (bicyclic) bond motifs is 2. The van der Waals surface area contributed by atoms with E-state index in [4.69, 9.17) is 0 Å². The van der Waals surface area contributed by atoms with Crippen molar-refractivity contribution in [3.05, 3.63) is 88.5 Å². The number of nitrogens with zero attached hydrogens (tertiary/aromatic N) is 2. The Hall–Kier alpha value is -3.58. The van der Waals surface area contributed by atoms with Gasteiger partial charge in [-0.05, 0) is 57.0 Å². The van der Waals surface area contributed by atoms with Crippen LogP contribution in [0.5, 0.6) is 0 Å². The molecule has 178 valence electrons. The van der Waals surface area contributed by atoms with Gasteiger partial charge in [-0.2, -0.15) is 0 Å². The summed E-state index contributed by atoms with van der Waals surface area (Å²) in [7, 11) is 0. The Kier molecular flexibility index (Phi) is 5.68. The second-order valence-electron chi connectivity index (χ2n) is 9.23. The summed E-state index contributed by atoms with van der Waals surface area (Å²) in [5, 5.41) is 3.00. The second kappa shape index (κ2) is 8.57. The summed E-state index contributed by atoms with van der Waals surface area (Å²) in [4.78, 5) is 42.3. The molecule has 3 aromatic carbocycles. The first kappa shape index (κ1) is 23.2. The number of para-hydroxylation sites is 1. The molecule has 3 amide bonds. The minimum atomic E-state index is -1.22. The molecule has 35 heavy (non-hydrogen) atoms. The van der Waals surface area contributed by atoms with Crippen LogP contribution in [0.1, 0.15) is 27.8 Å². The molecule has 1 N–H and O–H groups in total. The van der Waals surface area contributed by atoms with Crippen LogP contribution in [0.15, 0.2) is 60.7 Å². The first-order chi connectivity index (χ1) is 16.7. The number of anilines is 3. The van der Waals surface area contributed by atoms with Crippen LogP contribution in [0, 0.1) is 27.7 Å². The van der Waals surface area contributed by atoms with Crippen molar-refractivity contribution in [1.29, 1.82) is 0 Å². The molecule has 7 heteroatoms. The molecule has 0 saturated carbocycles. The lowest BCUT2D eigenvalue weighted by Gasteiger charge is -2.33. The largest absolute Gasteiger partial charge is 0.324 e. The van der Waals surface area contributed by atoms with Crippen LogP contribution in [0.25, 0.3) is 0 Å². The molecule has 2 heterocycles. The average Bonchev–Trinajstić information content (AvgIpc) is 3.28. The molecule has 0 aromatic heterocycles. The summed E-state index contributed by atoms with van der Waals surface area (Å²) in [5.74, 6) is -0.492. The Labute approximate surface area is 209 Å². The molecular weight excluding hydrogens is 458 g/mol. The lowest BCUT2D eigenvalue weighted by Crippen LogP contribution is -2.50. The summed E-state index contributed by atoms with van der Waals surface area (Å²) in [6.07, 6.45) is 0. The molecular formula is C28H27N3O3S. The first-order valence-electron chi connectivity index (χ1n) is 11.5. The second-order valence-corrected chi connectivity index (χ2v) is 10.4. The van der Waals surface area contributed by atoms with Gasteiger partial charge in [0, 0.05) is 16.9 Å². The monoisotopic (exact) mass is 485 g/mol. The highest BCUT2D eigenvalue weighted by atomic mass is 32.2. The van der Waals surface area contributed by atoms with Gasteiger partial charge in [0.1, 0.15) is 6.54 Å². The molecule has 2 aliphatic heterocycles. The maximum Gasteiger partial charge on any atom is 0.269 e. The smallest absolute Gasteiger partial charge is 0.269 e. The fraction of sp³-hybridized carbons (Fsp3) is 0.250. The van der Waals surface area contributed by atoms with Gasteiger partial charge >= 0.3 is 0 Å². The highest BCUT2D eigenvalue weighted by molar-refractivity contribution is 8.02. The Morgan fingerprint density at radius 2 is 1.60 bits per heavy atom. The molecule has 0 radical (unpaired) electrons. The van der Waals surface area contributed by atoms with E-state index < -0.39 is 4.87 Å². The van der Waals surface area contributed by atoms with E-state index in [9.17, 15) is 14.4 Å². The first-order valence-corrected chi connectivity index (χ1v) is 12.5. The molecule has 0 aliphatic carbocycles. The maximum atomic E-state index is 14.1. The third-order valence-corrected chi connectivity index (χ3v) is 7.99. The molecule has 3 aromatic rings. The SMILES string of the molecule is Cc1ccc(N2C(=O)CS[C@]23C(=O)N(CC(=O)Nc2c(C)cc(C)cc2C)c2ccccc23)cc1. The van der Waals surface area contributed by atoms with Crippen molar-refractivity contribution in [3.8, 4) is 0 Å². The van der Waals surface area contributed by atoms with E-state index in [1.54, 1.807) is 4.90 Å². The maximum absolute atomic E-state index is 14.1. The number of thioether (sulfide) groups is 1. The van der Waals surface area contributed by atoms with Gasteiger partial charge in [0.15, 0.2) is 0 Å². The van der Waals surface area contributed by atoms with Gasteiger partial charge in [-0.3, -0.25) is 24.2 Å². The molecule has 1 spiro atoms. The summed E-state index contributed by atoms with van der Waals surface area (Å²) in [6, 6.07) is 19.1. The molecule has 6 nitrogen and oxygen atoms in total. The summed E-state index contributed by atoms with van der Waals surface area (Å²) < 4.78 is 0. The Morgan fingerprint density at radius 1 is 0.943 bits per heavy atom. The number of aryl methyl sites for hydroxylation is 4. The zero-order chi connectivity index (χ0) is 24.9. The van der Waals surface area contributed by atoms with E-state index in [0.717, 1.165) is 33.5 Å². The Balaban J connectivity index is 1.51. The summed E-state index contributed by atoms with van der Waals surface area (Å²) >= 11 is 1.31. The number of hydrogen-bond acceptors (Lipinski definition) is 4. The standard InChI is InChI=1S/C28H27N3O3S/c1-17-9-11-21(12-10-17)31-25(33)16-35-28(31)22-7-5-6-8-23(22)30(27(28)34)15-24(32)29-26-19(3)13-18(2)14-20(26)4/h5-14H,15-16H2,1-4H3,(H,29,32)/t28-/m1/s1. The number of amides is 3. The van der Waals surface area contributed by atoms with Crippen LogP contribution >= 0.6 is 11.8 Å². The van der Waals surface area contributed by atoms with Crippen molar-refractivity contribution >= 4 is 46.5 Å². The van der Waals surface area contributed by atoms with Crippen LogP contribution in [0.3, 0.4) is 0 Å². The van der Waals surface area contributed by atoms with Crippen LogP contribution < -0.4 is 15.1 Å². The predicted octanol–water partition coefficient (Wildman–Crippen LogP) is 4.84. The predicted molar refractivity (Wildman–Crippen MR) is 141 cm³/mol. The number of rotatable bonds is 4. The van der Waals surface area contributed by atoms with Gasteiger partial charge in [0.05, 0.1) is 11.4 Å². The van der Waals surface area contributed by atoms with Gasteiger partial charge in [-0.1, -0.05) is 53.6 Å². The number of carbonyl (C=O) groups is 3. The van der Waals surface area contributed by atoms with Crippen molar-refractivity contribution in [2.45, 2.75) is 32.6 Å². The van der Waals surface area contributed by atoms with Crippen LogP contribution in [-0.2, 0) is 19.3 Å².